The fourth-order valence-electron chi connectivity index (χ4n) is 2.40. The molecule has 7 heteroatoms. The summed E-state index contributed by atoms with van der Waals surface area (Å²) >= 11 is 2.86. The number of fused-ring (bicyclic) bond motifs is 1. The molecule has 0 radical (unpaired) electrons. The van der Waals surface area contributed by atoms with E-state index in [-0.39, 0.29) is 5.91 Å². The third-order valence-corrected chi connectivity index (χ3v) is 5.24. The van der Waals surface area contributed by atoms with Crippen LogP contribution < -0.4 is 5.32 Å². The van der Waals surface area contributed by atoms with Crippen molar-refractivity contribution in [1.82, 2.24) is 9.97 Å². The summed E-state index contributed by atoms with van der Waals surface area (Å²) in [7, 11) is 0. The number of hydrogen-bond acceptors (Lipinski definition) is 6. The van der Waals surface area contributed by atoms with Gasteiger partial charge in [0, 0.05) is 23.1 Å². The van der Waals surface area contributed by atoms with E-state index in [1.54, 1.807) is 0 Å². The number of para-hydroxylation sites is 2. The molecule has 4 rings (SSSR count). The molecule has 2 aromatic carbocycles. The fraction of sp³-hybridized carbons (Fsp3) is 0.105. The molecule has 0 bridgehead atoms. The van der Waals surface area contributed by atoms with Gasteiger partial charge < -0.3 is 9.73 Å². The lowest BCUT2D eigenvalue weighted by atomic mass is 10.2. The van der Waals surface area contributed by atoms with Gasteiger partial charge in [0.15, 0.2) is 10.7 Å². The van der Waals surface area contributed by atoms with Gasteiger partial charge in [0.25, 0.3) is 5.22 Å². The van der Waals surface area contributed by atoms with Crippen LogP contribution in [-0.2, 0) is 4.79 Å². The molecular weight excluding hydrogens is 366 g/mol. The quantitative estimate of drug-likeness (QED) is 0.472. The van der Waals surface area contributed by atoms with Crippen LogP contribution in [0.4, 0.5) is 5.13 Å². The Hall–Kier alpha value is -2.64. The van der Waals surface area contributed by atoms with Gasteiger partial charge >= 0.3 is 0 Å². The van der Waals surface area contributed by atoms with E-state index in [9.17, 15) is 4.79 Å². The number of nitrogens with zero attached hydrogens (tertiary/aromatic N) is 2. The van der Waals surface area contributed by atoms with Gasteiger partial charge in [-0.05, 0) is 12.1 Å². The van der Waals surface area contributed by atoms with Gasteiger partial charge in [-0.25, -0.2) is 9.97 Å². The summed E-state index contributed by atoms with van der Waals surface area (Å²) in [5, 5.41) is 5.99. The van der Waals surface area contributed by atoms with Crippen LogP contribution in [-0.4, -0.2) is 21.6 Å². The van der Waals surface area contributed by atoms with Gasteiger partial charge in [-0.3, -0.25) is 4.79 Å². The standard InChI is InChI=1S/C19H15N3O2S2/c23-17(10-11-25-19-21-14-8-4-5-9-16(14)24-19)22-18-20-15(12-26-18)13-6-2-1-3-7-13/h1-9,12H,10-11H2,(H,20,22,23). The highest BCUT2D eigenvalue weighted by Gasteiger charge is 2.10. The van der Waals surface area contributed by atoms with Crippen molar-refractivity contribution in [2.45, 2.75) is 11.6 Å². The molecule has 0 aliphatic heterocycles. The molecule has 1 N–H and O–H groups in total. The smallest absolute Gasteiger partial charge is 0.256 e. The number of oxazole rings is 1. The average molecular weight is 381 g/mol. The summed E-state index contributed by atoms with van der Waals surface area (Å²) in [5.41, 5.74) is 3.49. The van der Waals surface area contributed by atoms with Crippen LogP contribution in [0.15, 0.2) is 69.6 Å². The molecule has 0 aliphatic carbocycles. The van der Waals surface area contributed by atoms with Gasteiger partial charge in [-0.1, -0.05) is 54.2 Å². The fourth-order valence-corrected chi connectivity index (χ4v) is 3.91. The lowest BCUT2D eigenvalue weighted by molar-refractivity contribution is -0.115. The molecule has 0 saturated heterocycles. The zero-order chi connectivity index (χ0) is 17.8. The number of aromatic nitrogens is 2. The zero-order valence-corrected chi connectivity index (χ0v) is 15.3. The van der Waals surface area contributed by atoms with Crippen molar-refractivity contribution in [2.75, 3.05) is 11.1 Å². The van der Waals surface area contributed by atoms with Crippen LogP contribution in [0.2, 0.25) is 0 Å². The first-order valence-electron chi connectivity index (χ1n) is 8.07. The first-order valence-corrected chi connectivity index (χ1v) is 9.93. The van der Waals surface area contributed by atoms with E-state index in [0.29, 0.717) is 22.5 Å². The number of hydrogen-bond donors (Lipinski definition) is 1. The second-order valence-electron chi connectivity index (χ2n) is 5.50. The van der Waals surface area contributed by atoms with E-state index < -0.39 is 0 Å². The molecular formula is C19H15N3O2S2. The minimum absolute atomic E-state index is 0.0671. The molecule has 0 fully saturated rings. The van der Waals surface area contributed by atoms with E-state index in [0.717, 1.165) is 22.4 Å². The Morgan fingerprint density at radius 3 is 2.73 bits per heavy atom. The molecule has 2 heterocycles. The van der Waals surface area contributed by atoms with Crippen molar-refractivity contribution in [2.24, 2.45) is 0 Å². The Balaban J connectivity index is 1.29. The van der Waals surface area contributed by atoms with Crippen LogP contribution in [0.3, 0.4) is 0 Å². The lowest BCUT2D eigenvalue weighted by Gasteiger charge is -2.00. The summed E-state index contributed by atoms with van der Waals surface area (Å²) in [6, 6.07) is 17.5. The average Bonchev–Trinajstić information content (AvgIpc) is 3.29. The van der Waals surface area contributed by atoms with E-state index in [2.05, 4.69) is 15.3 Å². The number of thiazole rings is 1. The van der Waals surface area contributed by atoms with Crippen LogP contribution in [0, 0.1) is 0 Å². The van der Waals surface area contributed by atoms with Gasteiger partial charge in [-0.15, -0.1) is 11.3 Å². The minimum Gasteiger partial charge on any atom is -0.431 e. The maximum absolute atomic E-state index is 12.1. The summed E-state index contributed by atoms with van der Waals surface area (Å²) in [5.74, 6) is 0.526. The van der Waals surface area contributed by atoms with Crippen molar-refractivity contribution in [1.29, 1.82) is 0 Å². The normalized spacial score (nSPS) is 10.9. The Kier molecular flexibility index (Phi) is 4.99. The maximum Gasteiger partial charge on any atom is 0.256 e. The summed E-state index contributed by atoms with van der Waals surface area (Å²) in [6.45, 7) is 0. The number of benzene rings is 2. The van der Waals surface area contributed by atoms with Crippen molar-refractivity contribution in [3.05, 3.63) is 60.0 Å². The second kappa shape index (κ2) is 7.72. The predicted octanol–water partition coefficient (Wildman–Crippen LogP) is 5.07. The predicted molar refractivity (Wildman–Crippen MR) is 106 cm³/mol. The summed E-state index contributed by atoms with van der Waals surface area (Å²) in [4.78, 5) is 21.0. The molecule has 0 unspecified atom stereocenters. The van der Waals surface area contributed by atoms with Crippen LogP contribution in [0.1, 0.15) is 6.42 Å². The Bertz CT molecular complexity index is 994. The van der Waals surface area contributed by atoms with Crippen LogP contribution >= 0.6 is 23.1 Å². The molecule has 4 aromatic rings. The van der Waals surface area contributed by atoms with Gasteiger partial charge in [0.2, 0.25) is 5.91 Å². The molecule has 1 amide bonds. The number of carbonyl (C=O) groups is 1. The molecule has 5 nitrogen and oxygen atoms in total. The van der Waals surface area contributed by atoms with Crippen molar-refractivity contribution < 1.29 is 9.21 Å². The molecule has 0 saturated carbocycles. The second-order valence-corrected chi connectivity index (χ2v) is 7.40. The highest BCUT2D eigenvalue weighted by atomic mass is 32.2. The summed E-state index contributed by atoms with van der Waals surface area (Å²) < 4.78 is 5.63. The van der Waals surface area contributed by atoms with Crippen molar-refractivity contribution in [3.63, 3.8) is 0 Å². The van der Waals surface area contributed by atoms with Crippen LogP contribution in [0.25, 0.3) is 22.4 Å². The topological polar surface area (TPSA) is 68.0 Å². The molecule has 2 aromatic heterocycles. The molecule has 0 aliphatic rings. The highest BCUT2D eigenvalue weighted by Crippen LogP contribution is 2.26. The summed E-state index contributed by atoms with van der Waals surface area (Å²) in [6.07, 6.45) is 0.365. The van der Waals surface area contributed by atoms with E-state index in [4.69, 9.17) is 4.42 Å². The van der Waals surface area contributed by atoms with Gasteiger partial charge in [0.1, 0.15) is 5.52 Å². The Morgan fingerprint density at radius 1 is 1.08 bits per heavy atom. The third-order valence-electron chi connectivity index (χ3n) is 3.65. The largest absolute Gasteiger partial charge is 0.431 e. The van der Waals surface area contributed by atoms with Crippen molar-refractivity contribution in [3.8, 4) is 11.3 Å². The highest BCUT2D eigenvalue weighted by molar-refractivity contribution is 7.99. The van der Waals surface area contributed by atoms with Gasteiger partial charge in [0.05, 0.1) is 5.69 Å². The first-order chi connectivity index (χ1) is 12.8. The minimum atomic E-state index is -0.0671. The van der Waals surface area contributed by atoms with E-state index >= 15 is 0 Å². The maximum atomic E-state index is 12.1. The number of thioether (sulfide) groups is 1. The van der Waals surface area contributed by atoms with Crippen molar-refractivity contribution >= 4 is 45.2 Å². The number of amides is 1. The zero-order valence-electron chi connectivity index (χ0n) is 13.7. The SMILES string of the molecule is O=C(CCSc1nc2ccccc2o1)Nc1nc(-c2ccccc2)cs1. The number of rotatable bonds is 6. The number of anilines is 1. The Morgan fingerprint density at radius 2 is 1.88 bits per heavy atom. The molecule has 26 heavy (non-hydrogen) atoms. The van der Waals surface area contributed by atoms with E-state index in [1.807, 2.05) is 60.0 Å². The Labute approximate surface area is 158 Å². The monoisotopic (exact) mass is 381 g/mol. The first kappa shape index (κ1) is 16.8. The van der Waals surface area contributed by atoms with E-state index in [1.165, 1.54) is 23.1 Å². The molecule has 0 atom stereocenters. The number of carbonyl (C=O) groups excluding carboxylic acids is 1. The lowest BCUT2D eigenvalue weighted by Crippen LogP contribution is -2.11. The molecule has 0 spiro atoms. The van der Waals surface area contributed by atoms with Gasteiger partial charge in [-0.2, -0.15) is 0 Å². The molecule has 130 valence electrons. The van der Waals surface area contributed by atoms with Crippen LogP contribution in [0.5, 0.6) is 0 Å². The number of nitrogens with one attached hydrogen (secondary N) is 1. The third kappa shape index (κ3) is 3.95.